The Labute approximate surface area is 59.2 Å². The highest BCUT2D eigenvalue weighted by molar-refractivity contribution is 5.70. The Morgan fingerprint density at radius 3 is 3.00 bits per heavy atom. The summed E-state index contributed by atoms with van der Waals surface area (Å²) in [6, 6.07) is 0. The number of rotatable bonds is 2. The molecular weight excluding hydrogens is 134 g/mol. The minimum absolute atomic E-state index is 0.0696. The van der Waals surface area contributed by atoms with Gasteiger partial charge in [-0.2, -0.15) is 0 Å². The van der Waals surface area contributed by atoms with Crippen molar-refractivity contribution in [2.45, 2.75) is 18.9 Å². The molecule has 1 aliphatic heterocycles. The van der Waals surface area contributed by atoms with Crippen LogP contribution in [-0.2, 0) is 4.74 Å². The standard InChI is InChI=1S/C6H11NO3/c1-6(2-3-8)4-10-5(9)7-6/h8H,2-4H2,1H3,(H,7,9). The molecule has 0 aliphatic carbocycles. The molecule has 1 aliphatic rings. The Bertz CT molecular complexity index is 148. The summed E-state index contributed by atoms with van der Waals surface area (Å²) < 4.78 is 4.66. The van der Waals surface area contributed by atoms with Gasteiger partial charge in [-0.1, -0.05) is 0 Å². The lowest BCUT2D eigenvalue weighted by atomic mass is 10.0. The number of cyclic esters (lactones) is 1. The van der Waals surface area contributed by atoms with Gasteiger partial charge in [0.25, 0.3) is 0 Å². The van der Waals surface area contributed by atoms with Crippen molar-refractivity contribution in [1.29, 1.82) is 0 Å². The van der Waals surface area contributed by atoms with Gasteiger partial charge < -0.3 is 15.2 Å². The van der Waals surface area contributed by atoms with Crippen molar-refractivity contribution < 1.29 is 14.6 Å². The second kappa shape index (κ2) is 2.46. The molecule has 1 saturated heterocycles. The van der Waals surface area contributed by atoms with Crippen LogP contribution in [0, 0.1) is 0 Å². The third-order valence-electron chi connectivity index (χ3n) is 1.59. The summed E-state index contributed by atoms with van der Waals surface area (Å²) in [4.78, 5) is 10.5. The van der Waals surface area contributed by atoms with Gasteiger partial charge >= 0.3 is 6.09 Å². The highest BCUT2D eigenvalue weighted by Crippen LogP contribution is 2.15. The third kappa shape index (κ3) is 1.39. The SMILES string of the molecule is CC1(CCO)COC(=O)N1. The van der Waals surface area contributed by atoms with Crippen molar-refractivity contribution in [2.75, 3.05) is 13.2 Å². The van der Waals surface area contributed by atoms with E-state index in [-0.39, 0.29) is 12.1 Å². The monoisotopic (exact) mass is 145 g/mol. The van der Waals surface area contributed by atoms with Gasteiger partial charge in [0.05, 0.1) is 5.54 Å². The van der Waals surface area contributed by atoms with E-state index in [1.807, 2.05) is 6.92 Å². The molecule has 1 heterocycles. The number of carbonyl (C=O) groups excluding carboxylic acids is 1. The zero-order valence-corrected chi connectivity index (χ0v) is 5.89. The Morgan fingerprint density at radius 2 is 2.60 bits per heavy atom. The predicted octanol–water partition coefficient (Wildman–Crippen LogP) is -0.133. The summed E-state index contributed by atoms with van der Waals surface area (Å²) in [6.07, 6.45) is 0.148. The van der Waals surface area contributed by atoms with E-state index in [1.165, 1.54) is 0 Å². The molecule has 1 rings (SSSR count). The number of carbonyl (C=O) groups is 1. The Balaban J connectivity index is 2.46. The van der Waals surface area contributed by atoms with Crippen LogP contribution in [0.15, 0.2) is 0 Å². The maximum Gasteiger partial charge on any atom is 0.407 e. The average Bonchev–Trinajstić information content (AvgIpc) is 2.12. The van der Waals surface area contributed by atoms with Gasteiger partial charge in [-0.3, -0.25) is 0 Å². The Hall–Kier alpha value is -0.770. The van der Waals surface area contributed by atoms with Gasteiger partial charge in [0, 0.05) is 6.61 Å². The molecule has 1 amide bonds. The molecule has 2 N–H and O–H groups in total. The molecule has 0 aromatic heterocycles. The minimum atomic E-state index is -0.393. The first-order valence-electron chi connectivity index (χ1n) is 3.22. The molecule has 4 heteroatoms. The van der Waals surface area contributed by atoms with Crippen molar-refractivity contribution in [2.24, 2.45) is 0 Å². The molecule has 4 nitrogen and oxygen atoms in total. The first kappa shape index (κ1) is 7.34. The van der Waals surface area contributed by atoms with Crippen molar-refractivity contribution in [3.8, 4) is 0 Å². The van der Waals surface area contributed by atoms with Crippen LogP contribution in [0.25, 0.3) is 0 Å². The second-order valence-electron chi connectivity index (χ2n) is 2.74. The van der Waals surface area contributed by atoms with E-state index in [0.717, 1.165) is 0 Å². The van der Waals surface area contributed by atoms with Crippen LogP contribution in [0.3, 0.4) is 0 Å². The number of hydrogen-bond acceptors (Lipinski definition) is 3. The number of aliphatic hydroxyl groups excluding tert-OH is 1. The molecule has 10 heavy (non-hydrogen) atoms. The van der Waals surface area contributed by atoms with Crippen molar-refractivity contribution in [3.63, 3.8) is 0 Å². The topological polar surface area (TPSA) is 58.6 Å². The fraction of sp³-hybridized carbons (Fsp3) is 0.833. The zero-order chi connectivity index (χ0) is 7.61. The fourth-order valence-electron chi connectivity index (χ4n) is 0.925. The maximum absolute atomic E-state index is 10.5. The molecule has 0 spiro atoms. The van der Waals surface area contributed by atoms with Crippen LogP contribution in [0.2, 0.25) is 0 Å². The summed E-state index contributed by atoms with van der Waals surface area (Å²) in [6.45, 7) is 2.26. The van der Waals surface area contributed by atoms with E-state index >= 15 is 0 Å². The van der Waals surface area contributed by atoms with E-state index in [0.29, 0.717) is 13.0 Å². The maximum atomic E-state index is 10.5. The second-order valence-corrected chi connectivity index (χ2v) is 2.74. The van der Waals surface area contributed by atoms with Crippen LogP contribution in [0.5, 0.6) is 0 Å². The van der Waals surface area contributed by atoms with Crippen LogP contribution >= 0.6 is 0 Å². The smallest absolute Gasteiger partial charge is 0.407 e. The van der Waals surface area contributed by atoms with E-state index < -0.39 is 6.09 Å². The normalized spacial score (nSPS) is 31.6. The third-order valence-corrected chi connectivity index (χ3v) is 1.59. The van der Waals surface area contributed by atoms with Crippen LogP contribution < -0.4 is 5.32 Å². The van der Waals surface area contributed by atoms with Gasteiger partial charge in [0.2, 0.25) is 0 Å². The van der Waals surface area contributed by atoms with E-state index in [9.17, 15) is 4.79 Å². The molecule has 0 radical (unpaired) electrons. The summed E-state index contributed by atoms with van der Waals surface area (Å²) in [5, 5.41) is 11.2. The van der Waals surface area contributed by atoms with E-state index in [2.05, 4.69) is 10.1 Å². The highest BCUT2D eigenvalue weighted by Gasteiger charge is 2.33. The molecule has 58 valence electrons. The number of hydrogen-bond donors (Lipinski definition) is 2. The summed E-state index contributed by atoms with van der Waals surface area (Å²) in [7, 11) is 0. The van der Waals surface area contributed by atoms with Crippen molar-refractivity contribution in [1.82, 2.24) is 5.32 Å². The van der Waals surface area contributed by atoms with Crippen LogP contribution in [0.4, 0.5) is 4.79 Å². The Kier molecular flexibility index (Phi) is 1.80. The summed E-state index contributed by atoms with van der Waals surface area (Å²) in [5.41, 5.74) is -0.355. The molecule has 0 aromatic carbocycles. The van der Waals surface area contributed by atoms with Gasteiger partial charge in [0.15, 0.2) is 0 Å². The Morgan fingerprint density at radius 1 is 1.90 bits per heavy atom. The van der Waals surface area contributed by atoms with Crippen molar-refractivity contribution in [3.05, 3.63) is 0 Å². The lowest BCUT2D eigenvalue weighted by Crippen LogP contribution is -2.40. The van der Waals surface area contributed by atoms with Gasteiger partial charge in [-0.15, -0.1) is 0 Å². The molecule has 0 aromatic rings. The lowest BCUT2D eigenvalue weighted by Gasteiger charge is -2.18. The quantitative estimate of drug-likeness (QED) is 0.569. The molecular formula is C6H11NO3. The number of aliphatic hydroxyl groups is 1. The molecule has 1 atom stereocenters. The van der Waals surface area contributed by atoms with Crippen LogP contribution in [-0.4, -0.2) is 30.0 Å². The highest BCUT2D eigenvalue weighted by atomic mass is 16.6. The largest absolute Gasteiger partial charge is 0.447 e. The fourth-order valence-corrected chi connectivity index (χ4v) is 0.925. The molecule has 1 fully saturated rings. The number of amides is 1. The predicted molar refractivity (Wildman–Crippen MR) is 34.6 cm³/mol. The van der Waals surface area contributed by atoms with E-state index in [4.69, 9.17) is 5.11 Å². The summed E-state index contributed by atoms with van der Waals surface area (Å²) in [5.74, 6) is 0. The lowest BCUT2D eigenvalue weighted by molar-refractivity contribution is 0.167. The van der Waals surface area contributed by atoms with Gasteiger partial charge in [0.1, 0.15) is 6.61 Å². The van der Waals surface area contributed by atoms with Crippen molar-refractivity contribution >= 4 is 6.09 Å². The molecule has 0 saturated carbocycles. The molecule has 1 unspecified atom stereocenters. The zero-order valence-electron chi connectivity index (χ0n) is 5.89. The summed E-state index contributed by atoms with van der Waals surface area (Å²) >= 11 is 0. The number of nitrogens with one attached hydrogen (secondary N) is 1. The number of alkyl carbamates (subject to hydrolysis) is 1. The average molecular weight is 145 g/mol. The molecule has 0 bridgehead atoms. The van der Waals surface area contributed by atoms with E-state index in [1.54, 1.807) is 0 Å². The van der Waals surface area contributed by atoms with Crippen LogP contribution in [0.1, 0.15) is 13.3 Å². The van der Waals surface area contributed by atoms with Gasteiger partial charge in [-0.25, -0.2) is 4.79 Å². The minimum Gasteiger partial charge on any atom is -0.447 e. The first-order valence-corrected chi connectivity index (χ1v) is 3.22. The first-order chi connectivity index (χ1) is 4.66. The number of ether oxygens (including phenoxy) is 1. The van der Waals surface area contributed by atoms with Gasteiger partial charge in [-0.05, 0) is 13.3 Å².